The average Bonchev–Trinajstić information content (AvgIpc) is 3.39. The van der Waals surface area contributed by atoms with E-state index in [4.69, 9.17) is 4.98 Å². The molecule has 2 aromatic rings. The van der Waals surface area contributed by atoms with Crippen molar-refractivity contribution in [2.24, 2.45) is 0 Å². The Labute approximate surface area is 156 Å². The molecule has 0 amide bonds. The van der Waals surface area contributed by atoms with Crippen LogP contribution in [0.25, 0.3) is 0 Å². The van der Waals surface area contributed by atoms with Crippen molar-refractivity contribution in [3.63, 3.8) is 0 Å². The molecule has 26 heavy (non-hydrogen) atoms. The highest BCUT2D eigenvalue weighted by Crippen LogP contribution is 2.38. The Balaban J connectivity index is 1.37. The van der Waals surface area contributed by atoms with Gasteiger partial charge >= 0.3 is 0 Å². The fourth-order valence-electron chi connectivity index (χ4n) is 5.32. The third-order valence-corrected chi connectivity index (χ3v) is 6.73. The second kappa shape index (κ2) is 6.78. The Morgan fingerprint density at radius 3 is 2.38 bits per heavy atom. The number of rotatable bonds is 3. The summed E-state index contributed by atoms with van der Waals surface area (Å²) in [6.45, 7) is 3.66. The van der Waals surface area contributed by atoms with Gasteiger partial charge in [-0.2, -0.15) is 5.10 Å². The van der Waals surface area contributed by atoms with Crippen molar-refractivity contribution in [3.05, 3.63) is 47.5 Å². The minimum atomic E-state index is 0.435. The summed E-state index contributed by atoms with van der Waals surface area (Å²) in [6, 6.07) is 10.5. The molecule has 2 aliphatic heterocycles. The Hall–Kier alpha value is -1.72. The fraction of sp³-hybridized carbons (Fsp3) is 0.619. The van der Waals surface area contributed by atoms with E-state index in [9.17, 15) is 0 Å². The number of aromatic nitrogens is 3. The maximum Gasteiger partial charge on any atom is 0.144 e. The smallest absolute Gasteiger partial charge is 0.144 e. The molecule has 3 aliphatic rings. The topological polar surface area (TPSA) is 37.2 Å². The zero-order chi connectivity index (χ0) is 17.5. The molecule has 0 unspecified atom stereocenters. The van der Waals surface area contributed by atoms with Crippen LogP contribution in [-0.4, -0.2) is 57.3 Å². The first-order chi connectivity index (χ1) is 12.8. The van der Waals surface area contributed by atoms with Crippen LogP contribution in [0.5, 0.6) is 0 Å². The van der Waals surface area contributed by atoms with Crippen LogP contribution in [0.2, 0.25) is 0 Å². The molecule has 2 fully saturated rings. The molecule has 2 saturated heterocycles. The molecule has 5 heteroatoms. The highest BCUT2D eigenvalue weighted by atomic mass is 15.4. The fourth-order valence-corrected chi connectivity index (χ4v) is 5.32. The monoisotopic (exact) mass is 351 g/mol. The van der Waals surface area contributed by atoms with Crippen molar-refractivity contribution in [1.29, 1.82) is 0 Å². The van der Waals surface area contributed by atoms with Gasteiger partial charge in [0, 0.05) is 6.04 Å². The number of piperidine rings is 1. The Kier molecular flexibility index (Phi) is 4.29. The lowest BCUT2D eigenvalue weighted by molar-refractivity contribution is 0.104. The summed E-state index contributed by atoms with van der Waals surface area (Å²) in [7, 11) is 2.24. The normalized spacial score (nSPS) is 25.8. The highest BCUT2D eigenvalue weighted by Gasteiger charge is 2.37. The molecule has 5 rings (SSSR count). The summed E-state index contributed by atoms with van der Waals surface area (Å²) in [5.41, 5.74) is 2.97. The number of benzene rings is 1. The number of hydrogen-bond donors (Lipinski definition) is 0. The minimum Gasteiger partial charge on any atom is -0.306 e. The molecule has 1 aromatic heterocycles. The Bertz CT molecular complexity index is 736. The van der Waals surface area contributed by atoms with Gasteiger partial charge in [0.15, 0.2) is 0 Å². The molecule has 0 spiro atoms. The van der Waals surface area contributed by atoms with E-state index in [1.807, 2.05) is 0 Å². The molecule has 1 aromatic carbocycles. The molecular weight excluding hydrogens is 322 g/mol. The van der Waals surface area contributed by atoms with Crippen molar-refractivity contribution < 1.29 is 0 Å². The maximum absolute atomic E-state index is 4.77. The van der Waals surface area contributed by atoms with Gasteiger partial charge in [-0.3, -0.25) is 4.90 Å². The molecule has 138 valence electrons. The largest absolute Gasteiger partial charge is 0.306 e. The van der Waals surface area contributed by atoms with E-state index in [-0.39, 0.29) is 0 Å². The zero-order valence-corrected chi connectivity index (χ0v) is 15.7. The molecule has 0 bridgehead atoms. The average molecular weight is 351 g/mol. The first-order valence-electron chi connectivity index (χ1n) is 10.2. The third-order valence-electron chi connectivity index (χ3n) is 6.73. The van der Waals surface area contributed by atoms with E-state index in [1.165, 1.54) is 62.3 Å². The second-order valence-corrected chi connectivity index (χ2v) is 8.32. The van der Waals surface area contributed by atoms with Gasteiger partial charge in [0.2, 0.25) is 0 Å². The lowest BCUT2D eigenvalue weighted by Crippen LogP contribution is -2.43. The molecular formula is C21H29N5. The summed E-state index contributed by atoms with van der Waals surface area (Å²) in [4.78, 5) is 9.97. The predicted octanol–water partition coefficient (Wildman–Crippen LogP) is 2.85. The molecule has 5 nitrogen and oxygen atoms in total. The van der Waals surface area contributed by atoms with Crippen molar-refractivity contribution in [1.82, 2.24) is 24.6 Å². The van der Waals surface area contributed by atoms with E-state index >= 15 is 0 Å². The lowest BCUT2D eigenvalue weighted by atomic mass is 10.0. The highest BCUT2D eigenvalue weighted by molar-refractivity contribution is 5.33. The molecule has 0 radical (unpaired) electrons. The number of likely N-dealkylation sites (tertiary alicyclic amines) is 2. The van der Waals surface area contributed by atoms with Crippen molar-refractivity contribution in [3.8, 4) is 0 Å². The van der Waals surface area contributed by atoms with Gasteiger partial charge in [0.05, 0.1) is 12.1 Å². The summed E-state index contributed by atoms with van der Waals surface area (Å²) in [5.74, 6) is 1.21. The minimum absolute atomic E-state index is 0.435. The van der Waals surface area contributed by atoms with Crippen LogP contribution >= 0.6 is 0 Å². The molecule has 3 heterocycles. The van der Waals surface area contributed by atoms with Crippen molar-refractivity contribution >= 4 is 0 Å². The van der Waals surface area contributed by atoms with Gasteiger partial charge < -0.3 is 4.90 Å². The van der Waals surface area contributed by atoms with Gasteiger partial charge in [-0.1, -0.05) is 24.3 Å². The lowest BCUT2D eigenvalue weighted by Gasteiger charge is -2.38. The van der Waals surface area contributed by atoms with E-state index in [0.717, 1.165) is 12.8 Å². The molecule has 0 saturated carbocycles. The van der Waals surface area contributed by atoms with Gasteiger partial charge in [-0.15, -0.1) is 0 Å². The van der Waals surface area contributed by atoms with Crippen molar-refractivity contribution in [2.45, 2.75) is 56.7 Å². The summed E-state index contributed by atoms with van der Waals surface area (Å²) >= 11 is 0. The summed E-state index contributed by atoms with van der Waals surface area (Å²) in [6.07, 6.45) is 9.05. The SMILES string of the molecule is CN1CCC(N2CCC[C@H]2c2ncnn2C2Cc3ccccc3C2)CC1. The van der Waals surface area contributed by atoms with Gasteiger partial charge in [0.25, 0.3) is 0 Å². The standard InChI is InChI=1S/C21H29N5/c1-24-11-8-18(9-12-24)25-10-4-7-20(25)21-22-15-23-26(21)19-13-16-5-2-3-6-17(16)14-19/h2-3,5-6,15,18-20H,4,7-14H2,1H3/t20-/m0/s1. The van der Waals surface area contributed by atoms with E-state index in [0.29, 0.717) is 18.1 Å². The van der Waals surface area contributed by atoms with Crippen LogP contribution in [0.1, 0.15) is 54.7 Å². The van der Waals surface area contributed by atoms with Gasteiger partial charge in [0.1, 0.15) is 12.2 Å². The van der Waals surface area contributed by atoms with E-state index < -0.39 is 0 Å². The van der Waals surface area contributed by atoms with Crippen LogP contribution < -0.4 is 0 Å². The van der Waals surface area contributed by atoms with Crippen LogP contribution in [-0.2, 0) is 12.8 Å². The van der Waals surface area contributed by atoms with Crippen LogP contribution in [0, 0.1) is 0 Å². The first kappa shape index (κ1) is 16.5. The summed E-state index contributed by atoms with van der Waals surface area (Å²) in [5, 5.41) is 4.69. The molecule has 1 aliphatic carbocycles. The predicted molar refractivity (Wildman–Crippen MR) is 102 cm³/mol. The Morgan fingerprint density at radius 2 is 1.65 bits per heavy atom. The van der Waals surface area contributed by atoms with Crippen LogP contribution in [0.15, 0.2) is 30.6 Å². The second-order valence-electron chi connectivity index (χ2n) is 8.32. The van der Waals surface area contributed by atoms with E-state index in [1.54, 1.807) is 6.33 Å². The van der Waals surface area contributed by atoms with Crippen LogP contribution in [0.4, 0.5) is 0 Å². The number of nitrogens with zero attached hydrogens (tertiary/aromatic N) is 5. The Morgan fingerprint density at radius 1 is 0.923 bits per heavy atom. The number of fused-ring (bicyclic) bond motifs is 1. The molecule has 1 atom stereocenters. The third kappa shape index (κ3) is 2.87. The van der Waals surface area contributed by atoms with E-state index in [2.05, 4.69) is 50.9 Å². The van der Waals surface area contributed by atoms with Gasteiger partial charge in [-0.05, 0) is 76.3 Å². The zero-order valence-electron chi connectivity index (χ0n) is 15.7. The first-order valence-corrected chi connectivity index (χ1v) is 10.2. The van der Waals surface area contributed by atoms with Crippen LogP contribution in [0.3, 0.4) is 0 Å². The quantitative estimate of drug-likeness (QED) is 0.852. The van der Waals surface area contributed by atoms with Crippen molar-refractivity contribution in [2.75, 3.05) is 26.7 Å². The summed E-state index contributed by atoms with van der Waals surface area (Å²) < 4.78 is 2.26. The van der Waals surface area contributed by atoms with Gasteiger partial charge in [-0.25, -0.2) is 9.67 Å². The maximum atomic E-state index is 4.77. The molecule has 0 N–H and O–H groups in total. The number of hydrogen-bond acceptors (Lipinski definition) is 4.